The quantitative estimate of drug-likeness (QED) is 0.320. The van der Waals surface area contributed by atoms with Crippen molar-refractivity contribution in [1.29, 1.82) is 0 Å². The maximum absolute atomic E-state index is 12.3. The minimum Gasteiger partial charge on any atom is -0.504 e. The number of phenolic OH excluding ortho intramolecular Hbond substituents is 1. The molecular weight excluding hydrogens is 426 g/mol. The molecule has 2 rings (SSSR count). The molecule has 0 fully saturated rings. The van der Waals surface area contributed by atoms with E-state index in [4.69, 9.17) is 14.2 Å². The number of methoxy groups -OCH3 is 1. The van der Waals surface area contributed by atoms with Crippen LogP contribution in [0.2, 0.25) is 0 Å². The first-order chi connectivity index (χ1) is 14.8. The van der Waals surface area contributed by atoms with E-state index in [0.717, 1.165) is 11.3 Å². The van der Waals surface area contributed by atoms with Crippen LogP contribution < -0.4 is 15.5 Å². The van der Waals surface area contributed by atoms with Gasteiger partial charge in [0.2, 0.25) is 0 Å². The Morgan fingerprint density at radius 1 is 1.16 bits per heavy atom. The van der Waals surface area contributed by atoms with Gasteiger partial charge in [-0.2, -0.15) is 5.10 Å². The van der Waals surface area contributed by atoms with Crippen LogP contribution in [0.15, 0.2) is 23.3 Å². The van der Waals surface area contributed by atoms with Crippen LogP contribution in [0.5, 0.6) is 11.5 Å². The number of phenols is 1. The molecule has 31 heavy (non-hydrogen) atoms. The topological polar surface area (TPSA) is 136 Å². The smallest absolute Gasteiger partial charge is 0.348 e. The van der Waals surface area contributed by atoms with Gasteiger partial charge in [-0.05, 0) is 38.5 Å². The average Bonchev–Trinajstić information content (AvgIpc) is 3.05. The van der Waals surface area contributed by atoms with E-state index in [1.165, 1.54) is 13.3 Å². The van der Waals surface area contributed by atoms with Crippen molar-refractivity contribution in [2.75, 3.05) is 25.6 Å². The Hall–Kier alpha value is -3.60. The molecule has 0 aliphatic heterocycles. The minimum atomic E-state index is -0.763. The fourth-order valence-electron chi connectivity index (χ4n) is 2.54. The number of anilines is 1. The number of para-hydroxylation sites is 1. The van der Waals surface area contributed by atoms with Crippen LogP contribution in [0.3, 0.4) is 0 Å². The molecule has 10 nitrogen and oxygen atoms in total. The van der Waals surface area contributed by atoms with Gasteiger partial charge in [0, 0.05) is 5.56 Å². The van der Waals surface area contributed by atoms with Crippen LogP contribution >= 0.6 is 11.3 Å². The molecule has 0 aliphatic carbocycles. The zero-order valence-electron chi connectivity index (χ0n) is 17.5. The number of carbonyl (C=O) groups excluding carboxylic acids is 3. The number of nitrogens with one attached hydrogen (secondary N) is 2. The van der Waals surface area contributed by atoms with Gasteiger partial charge in [0.05, 0.1) is 32.1 Å². The average molecular weight is 449 g/mol. The van der Waals surface area contributed by atoms with E-state index in [-0.39, 0.29) is 40.2 Å². The second kappa shape index (κ2) is 11.0. The summed E-state index contributed by atoms with van der Waals surface area (Å²) in [7, 11) is 1.41. The Balaban J connectivity index is 2.20. The second-order valence-corrected chi connectivity index (χ2v) is 6.94. The van der Waals surface area contributed by atoms with Crippen LogP contribution in [-0.4, -0.2) is 49.6 Å². The lowest BCUT2D eigenvalue weighted by atomic mass is 10.1. The first-order valence-electron chi connectivity index (χ1n) is 9.27. The molecule has 1 heterocycles. The summed E-state index contributed by atoms with van der Waals surface area (Å²) in [6.07, 6.45) is 1.23. The number of benzene rings is 1. The summed E-state index contributed by atoms with van der Waals surface area (Å²) in [5, 5.41) is 16.4. The number of ether oxygens (including phenoxy) is 3. The van der Waals surface area contributed by atoms with Gasteiger partial charge in [0.1, 0.15) is 9.88 Å². The molecule has 1 aromatic carbocycles. The zero-order valence-corrected chi connectivity index (χ0v) is 18.3. The van der Waals surface area contributed by atoms with Gasteiger partial charge in [-0.3, -0.25) is 5.32 Å². The summed E-state index contributed by atoms with van der Waals surface area (Å²) in [5.74, 6) is -1.15. The van der Waals surface area contributed by atoms with E-state index in [1.54, 1.807) is 39.0 Å². The molecule has 0 unspecified atom stereocenters. The van der Waals surface area contributed by atoms with Crippen molar-refractivity contribution >= 4 is 40.5 Å². The first-order valence-corrected chi connectivity index (χ1v) is 10.1. The Morgan fingerprint density at radius 3 is 2.48 bits per heavy atom. The van der Waals surface area contributed by atoms with Gasteiger partial charge >= 0.3 is 18.0 Å². The van der Waals surface area contributed by atoms with Crippen molar-refractivity contribution in [3.63, 3.8) is 0 Å². The van der Waals surface area contributed by atoms with Crippen LogP contribution in [-0.2, 0) is 9.47 Å². The van der Waals surface area contributed by atoms with Crippen molar-refractivity contribution < 1.29 is 33.7 Å². The second-order valence-electron chi connectivity index (χ2n) is 5.92. The molecule has 0 saturated heterocycles. The number of amides is 2. The van der Waals surface area contributed by atoms with Crippen molar-refractivity contribution in [1.82, 2.24) is 5.43 Å². The molecule has 0 atom stereocenters. The molecule has 0 bridgehead atoms. The van der Waals surface area contributed by atoms with Crippen LogP contribution in [0.25, 0.3) is 0 Å². The molecule has 2 aromatic rings. The molecule has 0 radical (unpaired) electrons. The number of rotatable bonds is 8. The van der Waals surface area contributed by atoms with Gasteiger partial charge in [-0.1, -0.05) is 6.07 Å². The molecule has 0 saturated carbocycles. The standard InChI is InChI=1S/C20H23N3O7S/c1-5-29-18(25)14-11(3)16(19(26)30-6-2)31-17(14)22-20(27)23-21-10-12-8-7-9-13(28-4)15(12)24/h7-10,24H,5-6H2,1-4H3,(H2,22,23,27). The highest BCUT2D eigenvalue weighted by Crippen LogP contribution is 2.34. The fourth-order valence-corrected chi connectivity index (χ4v) is 3.63. The third-order valence-corrected chi connectivity index (χ3v) is 5.12. The SMILES string of the molecule is CCOC(=O)c1sc(NC(=O)NN=Cc2cccc(OC)c2O)c(C(=O)OCC)c1C. The lowest BCUT2D eigenvalue weighted by Gasteiger charge is -2.07. The van der Waals surface area contributed by atoms with E-state index in [9.17, 15) is 19.5 Å². The maximum atomic E-state index is 12.3. The third-order valence-electron chi connectivity index (χ3n) is 3.93. The van der Waals surface area contributed by atoms with E-state index in [1.807, 2.05) is 0 Å². The normalized spacial score (nSPS) is 10.6. The van der Waals surface area contributed by atoms with Crippen LogP contribution in [0, 0.1) is 6.92 Å². The van der Waals surface area contributed by atoms with Crippen LogP contribution in [0.4, 0.5) is 9.80 Å². The van der Waals surface area contributed by atoms with Gasteiger partial charge in [-0.15, -0.1) is 11.3 Å². The summed E-state index contributed by atoms with van der Waals surface area (Å²) in [4.78, 5) is 37.0. The third kappa shape index (κ3) is 5.72. The summed E-state index contributed by atoms with van der Waals surface area (Å²) in [6, 6.07) is 4.04. The highest BCUT2D eigenvalue weighted by Gasteiger charge is 2.27. The van der Waals surface area contributed by atoms with Crippen molar-refractivity contribution in [3.05, 3.63) is 39.8 Å². The maximum Gasteiger partial charge on any atom is 0.348 e. The highest BCUT2D eigenvalue weighted by atomic mass is 32.1. The molecule has 1 aromatic heterocycles. The number of hydrogen-bond donors (Lipinski definition) is 3. The fraction of sp³-hybridized carbons (Fsp3) is 0.300. The monoisotopic (exact) mass is 449 g/mol. The molecule has 11 heteroatoms. The minimum absolute atomic E-state index is 0.0690. The summed E-state index contributed by atoms with van der Waals surface area (Å²) in [6.45, 7) is 5.18. The summed E-state index contributed by atoms with van der Waals surface area (Å²) >= 11 is 0.898. The number of carbonyl (C=O) groups is 3. The number of aromatic hydroxyl groups is 1. The Morgan fingerprint density at radius 2 is 1.84 bits per heavy atom. The van der Waals surface area contributed by atoms with Gasteiger partial charge in [0.25, 0.3) is 0 Å². The van der Waals surface area contributed by atoms with Crippen molar-refractivity contribution in [2.45, 2.75) is 20.8 Å². The number of nitrogens with zero attached hydrogens (tertiary/aromatic N) is 1. The zero-order chi connectivity index (χ0) is 23.0. The Kier molecular flexibility index (Phi) is 8.38. The van der Waals surface area contributed by atoms with Gasteiger partial charge < -0.3 is 19.3 Å². The molecule has 166 valence electrons. The van der Waals surface area contributed by atoms with E-state index in [0.29, 0.717) is 11.1 Å². The lowest BCUT2D eigenvalue weighted by Crippen LogP contribution is -2.24. The van der Waals surface area contributed by atoms with Crippen molar-refractivity contribution in [3.8, 4) is 11.5 Å². The number of urea groups is 1. The van der Waals surface area contributed by atoms with E-state index in [2.05, 4.69) is 15.8 Å². The lowest BCUT2D eigenvalue weighted by molar-refractivity contribution is 0.0527. The number of esters is 2. The predicted octanol–water partition coefficient (Wildman–Crippen LogP) is 3.28. The van der Waals surface area contributed by atoms with E-state index >= 15 is 0 Å². The molecule has 2 amide bonds. The largest absolute Gasteiger partial charge is 0.504 e. The van der Waals surface area contributed by atoms with Crippen LogP contribution in [0.1, 0.15) is 45.0 Å². The van der Waals surface area contributed by atoms with Gasteiger partial charge in [-0.25, -0.2) is 19.8 Å². The van der Waals surface area contributed by atoms with E-state index < -0.39 is 18.0 Å². The Bertz CT molecular complexity index is 1000. The number of hydrazone groups is 1. The molecule has 0 spiro atoms. The van der Waals surface area contributed by atoms with Crippen molar-refractivity contribution in [2.24, 2.45) is 5.10 Å². The highest BCUT2D eigenvalue weighted by molar-refractivity contribution is 7.18. The number of thiophene rings is 1. The molecule has 3 N–H and O–H groups in total. The summed E-state index contributed by atoms with van der Waals surface area (Å²) < 4.78 is 15.0. The predicted molar refractivity (Wildman–Crippen MR) is 115 cm³/mol. The first kappa shape index (κ1) is 23.7. The summed E-state index contributed by atoms with van der Waals surface area (Å²) in [5.41, 5.74) is 2.97. The molecular formula is C20H23N3O7S. The number of hydrogen-bond acceptors (Lipinski definition) is 9. The molecule has 0 aliphatic rings. The Labute approximate surface area is 182 Å². The van der Waals surface area contributed by atoms with Gasteiger partial charge in [0.15, 0.2) is 11.5 Å².